The fourth-order valence-corrected chi connectivity index (χ4v) is 3.07. The molecule has 0 unspecified atom stereocenters. The van der Waals surface area contributed by atoms with Gasteiger partial charge < -0.3 is 10.1 Å². The number of aromatic nitrogens is 3. The van der Waals surface area contributed by atoms with E-state index in [1.165, 1.54) is 0 Å². The molecule has 0 aliphatic rings. The van der Waals surface area contributed by atoms with E-state index >= 15 is 0 Å². The molecular weight excluding hydrogens is 340 g/mol. The first kappa shape index (κ1) is 18.9. The number of carbonyl (C=O) groups excluding carboxylic acids is 1. The minimum absolute atomic E-state index is 0.131. The summed E-state index contributed by atoms with van der Waals surface area (Å²) < 4.78 is 7.44. The van der Waals surface area contributed by atoms with Crippen LogP contribution in [0.25, 0.3) is 11.0 Å². The molecule has 27 heavy (non-hydrogen) atoms. The Hall–Kier alpha value is -2.89. The van der Waals surface area contributed by atoms with E-state index in [4.69, 9.17) is 4.74 Å². The predicted molar refractivity (Wildman–Crippen MR) is 106 cm³/mol. The van der Waals surface area contributed by atoms with Crippen LogP contribution in [0.4, 0.5) is 0 Å². The third-order valence-corrected chi connectivity index (χ3v) is 4.47. The van der Waals surface area contributed by atoms with Crippen LogP contribution in [0.15, 0.2) is 30.3 Å². The van der Waals surface area contributed by atoms with E-state index in [9.17, 15) is 4.79 Å². The van der Waals surface area contributed by atoms with Crippen LogP contribution in [0.5, 0.6) is 5.75 Å². The molecule has 0 bridgehead atoms. The monoisotopic (exact) mass is 366 g/mol. The summed E-state index contributed by atoms with van der Waals surface area (Å²) in [5.41, 5.74) is 4.18. The number of hydrogen-bond acceptors (Lipinski definition) is 4. The zero-order chi connectivity index (χ0) is 19.6. The van der Waals surface area contributed by atoms with Gasteiger partial charge in [0.05, 0.1) is 23.2 Å². The predicted octanol–water partition coefficient (Wildman–Crippen LogP) is 3.52. The molecule has 2 aromatic heterocycles. The first-order valence-electron chi connectivity index (χ1n) is 9.18. The second-order valence-electron chi connectivity index (χ2n) is 7.08. The lowest BCUT2D eigenvalue weighted by Gasteiger charge is -2.11. The van der Waals surface area contributed by atoms with Gasteiger partial charge in [-0.2, -0.15) is 5.10 Å². The molecule has 1 N–H and O–H groups in total. The Labute approximate surface area is 159 Å². The summed E-state index contributed by atoms with van der Waals surface area (Å²) >= 11 is 0. The molecule has 0 aliphatic heterocycles. The van der Waals surface area contributed by atoms with Crippen LogP contribution in [0.2, 0.25) is 0 Å². The summed E-state index contributed by atoms with van der Waals surface area (Å²) in [5, 5.41) is 8.18. The highest BCUT2D eigenvalue weighted by Gasteiger charge is 2.19. The highest BCUT2D eigenvalue weighted by molar-refractivity contribution is 6.06. The van der Waals surface area contributed by atoms with Crippen LogP contribution in [0, 0.1) is 13.8 Å². The van der Waals surface area contributed by atoms with Gasteiger partial charge in [-0.15, -0.1) is 0 Å². The summed E-state index contributed by atoms with van der Waals surface area (Å²) in [6, 6.07) is 9.73. The highest BCUT2D eigenvalue weighted by Crippen LogP contribution is 2.24. The van der Waals surface area contributed by atoms with Crippen molar-refractivity contribution in [3.63, 3.8) is 0 Å². The third kappa shape index (κ3) is 4.10. The van der Waals surface area contributed by atoms with Gasteiger partial charge in [-0.3, -0.25) is 9.48 Å². The fraction of sp³-hybridized carbons (Fsp3) is 0.381. The van der Waals surface area contributed by atoms with Gasteiger partial charge in [-0.25, -0.2) is 4.98 Å². The fourth-order valence-electron chi connectivity index (χ4n) is 3.07. The Morgan fingerprint density at radius 1 is 1.26 bits per heavy atom. The van der Waals surface area contributed by atoms with Crippen molar-refractivity contribution >= 4 is 16.9 Å². The van der Waals surface area contributed by atoms with E-state index in [2.05, 4.69) is 29.2 Å². The molecule has 0 atom stereocenters. The lowest BCUT2D eigenvalue weighted by Crippen LogP contribution is -2.28. The van der Waals surface area contributed by atoms with Crippen molar-refractivity contribution in [3.8, 4) is 5.75 Å². The third-order valence-electron chi connectivity index (χ3n) is 4.47. The Morgan fingerprint density at radius 3 is 2.74 bits per heavy atom. The van der Waals surface area contributed by atoms with Crippen molar-refractivity contribution in [3.05, 3.63) is 52.8 Å². The molecule has 142 valence electrons. The molecule has 0 spiro atoms. The Kier molecular flexibility index (Phi) is 5.44. The number of ether oxygens (including phenoxy) is 1. The molecule has 0 radical (unpaired) electrons. The normalized spacial score (nSPS) is 11.2. The number of hydrogen-bond donors (Lipinski definition) is 1. The van der Waals surface area contributed by atoms with Crippen LogP contribution < -0.4 is 10.1 Å². The summed E-state index contributed by atoms with van der Waals surface area (Å²) in [4.78, 5) is 17.5. The lowest BCUT2D eigenvalue weighted by atomic mass is 10.0. The smallest absolute Gasteiger partial charge is 0.252 e. The van der Waals surface area contributed by atoms with Crippen molar-refractivity contribution in [1.82, 2.24) is 20.1 Å². The van der Waals surface area contributed by atoms with Gasteiger partial charge in [-0.1, -0.05) is 26.0 Å². The topological polar surface area (TPSA) is 69.0 Å². The average molecular weight is 366 g/mol. The molecule has 3 aromatic rings. The number of carbonyl (C=O) groups is 1. The SMILES string of the molecule is Cc1cccc(OCCNC(=O)c2cc(C(C)C)nc3c2c(C)nn3C)c1. The number of nitrogens with zero attached hydrogens (tertiary/aromatic N) is 3. The van der Waals surface area contributed by atoms with E-state index < -0.39 is 0 Å². The quantitative estimate of drug-likeness (QED) is 0.678. The van der Waals surface area contributed by atoms with Crippen molar-refractivity contribution in [1.29, 1.82) is 0 Å². The van der Waals surface area contributed by atoms with E-state index in [0.29, 0.717) is 18.7 Å². The number of aryl methyl sites for hydroxylation is 3. The Balaban J connectivity index is 1.75. The van der Waals surface area contributed by atoms with Gasteiger partial charge in [-0.05, 0) is 43.5 Å². The molecule has 3 rings (SSSR count). The number of nitrogens with one attached hydrogen (secondary N) is 1. The second kappa shape index (κ2) is 7.78. The van der Waals surface area contributed by atoms with Crippen LogP contribution in [-0.4, -0.2) is 33.8 Å². The van der Waals surface area contributed by atoms with Crippen LogP contribution >= 0.6 is 0 Å². The number of rotatable bonds is 6. The number of amides is 1. The maximum Gasteiger partial charge on any atom is 0.252 e. The second-order valence-corrected chi connectivity index (χ2v) is 7.08. The number of pyridine rings is 1. The van der Waals surface area contributed by atoms with Crippen molar-refractivity contribution < 1.29 is 9.53 Å². The largest absolute Gasteiger partial charge is 0.492 e. The minimum atomic E-state index is -0.131. The highest BCUT2D eigenvalue weighted by atomic mass is 16.5. The molecule has 0 saturated carbocycles. The average Bonchev–Trinajstić information content (AvgIpc) is 2.92. The van der Waals surface area contributed by atoms with Crippen molar-refractivity contribution in [2.24, 2.45) is 7.05 Å². The van der Waals surface area contributed by atoms with Gasteiger partial charge in [0.1, 0.15) is 12.4 Å². The molecule has 0 fully saturated rings. The summed E-state index contributed by atoms with van der Waals surface area (Å²) in [5.74, 6) is 0.898. The van der Waals surface area contributed by atoms with E-state index in [-0.39, 0.29) is 11.8 Å². The maximum absolute atomic E-state index is 12.8. The van der Waals surface area contributed by atoms with Crippen LogP contribution in [0.1, 0.15) is 47.1 Å². The van der Waals surface area contributed by atoms with Gasteiger partial charge >= 0.3 is 0 Å². The standard InChI is InChI=1S/C21H26N4O2/c1-13(2)18-12-17(19-15(4)24-25(5)20(19)23-18)21(26)22-9-10-27-16-8-6-7-14(3)11-16/h6-8,11-13H,9-10H2,1-5H3,(H,22,26). The Bertz CT molecular complexity index is 976. The zero-order valence-electron chi connectivity index (χ0n) is 16.5. The first-order chi connectivity index (χ1) is 12.9. The van der Waals surface area contributed by atoms with Crippen molar-refractivity contribution in [2.75, 3.05) is 13.2 Å². The van der Waals surface area contributed by atoms with Crippen molar-refractivity contribution in [2.45, 2.75) is 33.6 Å². The van der Waals surface area contributed by atoms with Gasteiger partial charge in [0.25, 0.3) is 5.91 Å². The van der Waals surface area contributed by atoms with Gasteiger partial charge in [0, 0.05) is 12.7 Å². The lowest BCUT2D eigenvalue weighted by molar-refractivity contribution is 0.0948. The van der Waals surface area contributed by atoms with E-state index in [0.717, 1.165) is 33.7 Å². The molecular formula is C21H26N4O2. The molecule has 0 aliphatic carbocycles. The number of benzene rings is 1. The van der Waals surface area contributed by atoms with Gasteiger partial charge in [0.15, 0.2) is 5.65 Å². The molecule has 6 nitrogen and oxygen atoms in total. The molecule has 0 saturated heterocycles. The molecule has 2 heterocycles. The summed E-state index contributed by atoms with van der Waals surface area (Å²) in [6.07, 6.45) is 0. The molecule has 1 aromatic carbocycles. The molecule has 1 amide bonds. The molecule has 6 heteroatoms. The maximum atomic E-state index is 12.8. The summed E-state index contributed by atoms with van der Waals surface area (Å²) in [6.45, 7) is 8.88. The van der Waals surface area contributed by atoms with E-state index in [1.807, 2.05) is 51.2 Å². The zero-order valence-corrected chi connectivity index (χ0v) is 16.5. The van der Waals surface area contributed by atoms with E-state index in [1.54, 1.807) is 4.68 Å². The Morgan fingerprint density at radius 2 is 2.04 bits per heavy atom. The van der Waals surface area contributed by atoms with Crippen LogP contribution in [0.3, 0.4) is 0 Å². The van der Waals surface area contributed by atoms with Crippen LogP contribution in [-0.2, 0) is 7.05 Å². The summed E-state index contributed by atoms with van der Waals surface area (Å²) in [7, 11) is 1.85. The minimum Gasteiger partial charge on any atom is -0.492 e. The first-order valence-corrected chi connectivity index (χ1v) is 9.18. The number of fused-ring (bicyclic) bond motifs is 1. The van der Waals surface area contributed by atoms with Gasteiger partial charge in [0.2, 0.25) is 0 Å².